The second-order valence-corrected chi connectivity index (χ2v) is 7.49. The van der Waals surface area contributed by atoms with Crippen molar-refractivity contribution in [1.82, 2.24) is 4.31 Å². The lowest BCUT2D eigenvalue weighted by Gasteiger charge is -2.23. The molecule has 1 fully saturated rings. The molecule has 1 N–H and O–H groups in total. The van der Waals surface area contributed by atoms with E-state index in [1.54, 1.807) is 17.3 Å². The van der Waals surface area contributed by atoms with Crippen molar-refractivity contribution in [3.8, 4) is 0 Å². The number of hydrogen-bond donors (Lipinski definition) is 1. The molecule has 0 aromatic heterocycles. The maximum Gasteiger partial charge on any atom is 0.243 e. The predicted octanol–water partition coefficient (Wildman–Crippen LogP) is 2.70. The van der Waals surface area contributed by atoms with Gasteiger partial charge in [-0.2, -0.15) is 4.31 Å². The number of sulfonamides is 1. The van der Waals surface area contributed by atoms with E-state index in [2.05, 4.69) is 0 Å². The van der Waals surface area contributed by atoms with Gasteiger partial charge in [-0.1, -0.05) is 18.5 Å². The Bertz CT molecular complexity index is 597. The van der Waals surface area contributed by atoms with E-state index in [0.717, 1.165) is 19.3 Å². The summed E-state index contributed by atoms with van der Waals surface area (Å²) in [5.41, 5.74) is 1.14. The maximum absolute atomic E-state index is 12.8. The van der Waals surface area contributed by atoms with Crippen molar-refractivity contribution in [1.29, 1.82) is 0 Å². The van der Waals surface area contributed by atoms with E-state index >= 15 is 0 Å². The monoisotopic (exact) mass is 317 g/mol. The summed E-state index contributed by atoms with van der Waals surface area (Å²) in [6.45, 7) is 3.99. The minimum Gasteiger partial charge on any atom is -0.392 e. The van der Waals surface area contributed by atoms with Crippen LogP contribution in [0, 0.1) is 6.92 Å². The Balaban J connectivity index is 2.50. The van der Waals surface area contributed by atoms with Crippen LogP contribution in [0.5, 0.6) is 0 Å². The molecule has 112 valence electrons. The molecule has 6 heteroatoms. The number of aliphatic hydroxyl groups excluding tert-OH is 1. The second kappa shape index (κ2) is 6.02. The van der Waals surface area contributed by atoms with Gasteiger partial charge in [-0.15, -0.1) is 0 Å². The van der Waals surface area contributed by atoms with Crippen LogP contribution in [-0.4, -0.2) is 30.4 Å². The van der Waals surface area contributed by atoms with E-state index in [1.165, 1.54) is 6.07 Å². The highest BCUT2D eigenvalue weighted by atomic mass is 35.5. The minimum absolute atomic E-state index is 0.121. The van der Waals surface area contributed by atoms with Crippen molar-refractivity contribution in [2.45, 2.75) is 50.7 Å². The van der Waals surface area contributed by atoms with Crippen molar-refractivity contribution < 1.29 is 13.5 Å². The highest BCUT2D eigenvalue weighted by molar-refractivity contribution is 7.89. The molecule has 0 saturated heterocycles. The minimum atomic E-state index is -3.55. The molecule has 0 spiro atoms. The Morgan fingerprint density at radius 1 is 1.40 bits per heavy atom. The molecule has 0 atom stereocenters. The lowest BCUT2D eigenvalue weighted by atomic mass is 10.1. The molecule has 1 saturated carbocycles. The van der Waals surface area contributed by atoms with E-state index in [9.17, 15) is 13.5 Å². The molecule has 1 aliphatic carbocycles. The van der Waals surface area contributed by atoms with Crippen LogP contribution in [0.2, 0.25) is 5.02 Å². The van der Waals surface area contributed by atoms with Gasteiger partial charge in [-0.3, -0.25) is 0 Å². The lowest BCUT2D eigenvalue weighted by Crippen LogP contribution is -2.34. The van der Waals surface area contributed by atoms with Crippen molar-refractivity contribution in [3.63, 3.8) is 0 Å². The Kier molecular flexibility index (Phi) is 4.74. The Labute approximate surface area is 125 Å². The van der Waals surface area contributed by atoms with Gasteiger partial charge in [-0.05, 0) is 49.4 Å². The molecule has 4 nitrogen and oxygen atoms in total. The first-order valence-corrected chi connectivity index (χ1v) is 8.65. The summed E-state index contributed by atoms with van der Waals surface area (Å²) in [4.78, 5) is 0.217. The SMILES string of the molecule is CCCN(C1CC1)S(=O)(=O)c1cc(Cl)cc(CO)c1C. The lowest BCUT2D eigenvalue weighted by molar-refractivity contribution is 0.280. The second-order valence-electron chi connectivity index (χ2n) is 5.19. The summed E-state index contributed by atoms with van der Waals surface area (Å²) in [6.07, 6.45) is 2.62. The summed E-state index contributed by atoms with van der Waals surface area (Å²) in [5, 5.41) is 9.67. The highest BCUT2D eigenvalue weighted by Gasteiger charge is 2.38. The normalized spacial score (nSPS) is 15.8. The van der Waals surface area contributed by atoms with Gasteiger partial charge >= 0.3 is 0 Å². The third-order valence-electron chi connectivity index (χ3n) is 3.59. The van der Waals surface area contributed by atoms with Crippen LogP contribution in [-0.2, 0) is 16.6 Å². The fourth-order valence-corrected chi connectivity index (χ4v) is 4.73. The number of rotatable bonds is 6. The van der Waals surface area contributed by atoms with Gasteiger partial charge in [0.05, 0.1) is 11.5 Å². The van der Waals surface area contributed by atoms with E-state index in [0.29, 0.717) is 22.7 Å². The average molecular weight is 318 g/mol. The average Bonchev–Trinajstić information content (AvgIpc) is 3.22. The van der Waals surface area contributed by atoms with Gasteiger partial charge < -0.3 is 5.11 Å². The quantitative estimate of drug-likeness (QED) is 0.877. The molecular formula is C14H20ClNO3S. The number of aliphatic hydroxyl groups is 1. The third-order valence-corrected chi connectivity index (χ3v) is 5.88. The van der Waals surface area contributed by atoms with Gasteiger partial charge in [-0.25, -0.2) is 8.42 Å². The molecule has 2 rings (SSSR count). The van der Waals surface area contributed by atoms with Crippen LogP contribution in [0.15, 0.2) is 17.0 Å². The van der Waals surface area contributed by atoms with Crippen molar-refractivity contribution >= 4 is 21.6 Å². The Hall–Kier alpha value is -0.620. The number of hydrogen-bond acceptors (Lipinski definition) is 3. The smallest absolute Gasteiger partial charge is 0.243 e. The fourth-order valence-electron chi connectivity index (χ4n) is 2.35. The first-order valence-electron chi connectivity index (χ1n) is 6.83. The summed E-state index contributed by atoms with van der Waals surface area (Å²) in [7, 11) is -3.55. The molecule has 0 unspecified atom stereocenters. The van der Waals surface area contributed by atoms with Crippen LogP contribution >= 0.6 is 11.6 Å². The van der Waals surface area contributed by atoms with Crippen LogP contribution in [0.1, 0.15) is 37.3 Å². The summed E-state index contributed by atoms with van der Waals surface area (Å²) in [6, 6.07) is 3.21. The largest absolute Gasteiger partial charge is 0.392 e. The van der Waals surface area contributed by atoms with E-state index in [4.69, 9.17) is 11.6 Å². The molecule has 0 radical (unpaired) electrons. The molecule has 0 bridgehead atoms. The van der Waals surface area contributed by atoms with Crippen LogP contribution < -0.4 is 0 Å². The van der Waals surface area contributed by atoms with E-state index < -0.39 is 10.0 Å². The van der Waals surface area contributed by atoms with Gasteiger partial charge in [0.15, 0.2) is 0 Å². The molecule has 0 amide bonds. The summed E-state index contributed by atoms with van der Waals surface area (Å²) < 4.78 is 27.2. The van der Waals surface area contributed by atoms with Crippen LogP contribution in [0.3, 0.4) is 0 Å². The van der Waals surface area contributed by atoms with Crippen molar-refractivity contribution in [2.75, 3.05) is 6.54 Å². The Morgan fingerprint density at radius 3 is 2.55 bits per heavy atom. The highest BCUT2D eigenvalue weighted by Crippen LogP contribution is 2.34. The molecule has 1 aromatic carbocycles. The number of halogens is 1. The van der Waals surface area contributed by atoms with E-state index in [-0.39, 0.29) is 17.5 Å². The zero-order chi connectivity index (χ0) is 14.9. The number of benzene rings is 1. The maximum atomic E-state index is 12.8. The van der Waals surface area contributed by atoms with E-state index in [1.807, 2.05) is 6.92 Å². The van der Waals surface area contributed by atoms with Gasteiger partial charge in [0.25, 0.3) is 0 Å². The van der Waals surface area contributed by atoms with Gasteiger partial charge in [0.1, 0.15) is 0 Å². The van der Waals surface area contributed by atoms with Crippen molar-refractivity contribution in [3.05, 3.63) is 28.3 Å². The summed E-state index contributed by atoms with van der Waals surface area (Å²) >= 11 is 5.99. The summed E-state index contributed by atoms with van der Waals surface area (Å²) in [5.74, 6) is 0. The zero-order valence-corrected chi connectivity index (χ0v) is 13.3. The molecule has 0 aliphatic heterocycles. The van der Waals surface area contributed by atoms with Crippen LogP contribution in [0.25, 0.3) is 0 Å². The van der Waals surface area contributed by atoms with Gasteiger partial charge in [0.2, 0.25) is 10.0 Å². The standard InChI is InChI=1S/C14H20ClNO3S/c1-3-6-16(13-4-5-13)20(18,19)14-8-12(15)7-11(9-17)10(14)2/h7-8,13,17H,3-6,9H2,1-2H3. The predicted molar refractivity (Wildman–Crippen MR) is 79.3 cm³/mol. The third kappa shape index (κ3) is 3.01. The molecule has 0 heterocycles. The molecule has 20 heavy (non-hydrogen) atoms. The van der Waals surface area contributed by atoms with Crippen molar-refractivity contribution in [2.24, 2.45) is 0 Å². The fraction of sp³-hybridized carbons (Fsp3) is 0.571. The Morgan fingerprint density at radius 2 is 2.05 bits per heavy atom. The van der Waals surface area contributed by atoms with Crippen LogP contribution in [0.4, 0.5) is 0 Å². The van der Waals surface area contributed by atoms with Gasteiger partial charge in [0, 0.05) is 17.6 Å². The zero-order valence-electron chi connectivity index (χ0n) is 11.8. The molecule has 1 aromatic rings. The molecular weight excluding hydrogens is 298 g/mol. The number of nitrogens with zero attached hydrogens (tertiary/aromatic N) is 1. The molecule has 1 aliphatic rings. The topological polar surface area (TPSA) is 57.6 Å². The first kappa shape index (κ1) is 15.8. The first-order chi connectivity index (χ1) is 9.41.